The molecule has 0 bridgehead atoms. The number of piperidine rings is 1. The van der Waals surface area contributed by atoms with E-state index in [1.165, 1.54) is 18.3 Å². The number of halogens is 1. The van der Waals surface area contributed by atoms with Gasteiger partial charge in [-0.1, -0.05) is 48.5 Å². The van der Waals surface area contributed by atoms with Crippen LogP contribution in [0, 0.1) is 5.82 Å². The zero-order valence-electron chi connectivity index (χ0n) is 18.2. The summed E-state index contributed by atoms with van der Waals surface area (Å²) in [5.41, 5.74) is 1.42. The van der Waals surface area contributed by atoms with Crippen molar-refractivity contribution in [2.45, 2.75) is 31.4 Å². The molecule has 2 aromatic carbocycles. The maximum Gasteiger partial charge on any atom is 0.251 e. The van der Waals surface area contributed by atoms with Crippen LogP contribution in [-0.4, -0.2) is 40.9 Å². The number of carbonyl (C=O) groups excluding carboxylic acids is 2. The van der Waals surface area contributed by atoms with E-state index in [1.807, 2.05) is 36.4 Å². The second-order valence-electron chi connectivity index (χ2n) is 8.00. The number of amides is 2. The Morgan fingerprint density at radius 3 is 2.33 bits per heavy atom. The summed E-state index contributed by atoms with van der Waals surface area (Å²) < 4.78 is 19.5. The molecule has 2 heterocycles. The summed E-state index contributed by atoms with van der Waals surface area (Å²) in [6.45, 7) is 1.01. The van der Waals surface area contributed by atoms with Gasteiger partial charge in [0.1, 0.15) is 6.10 Å². The molecule has 1 saturated heterocycles. The molecule has 1 fully saturated rings. The highest BCUT2D eigenvalue weighted by atomic mass is 19.1. The molecule has 0 radical (unpaired) electrons. The fraction of sp³-hybridized carbons (Fsp3) is 0.269. The molecule has 33 heavy (non-hydrogen) atoms. The van der Waals surface area contributed by atoms with Crippen molar-refractivity contribution in [3.63, 3.8) is 0 Å². The highest BCUT2D eigenvalue weighted by Crippen LogP contribution is 2.23. The third kappa shape index (κ3) is 5.94. The molecule has 170 valence electrons. The molecule has 0 unspecified atom stereocenters. The summed E-state index contributed by atoms with van der Waals surface area (Å²) in [7, 11) is 0. The van der Waals surface area contributed by atoms with Crippen molar-refractivity contribution in [3.05, 3.63) is 95.9 Å². The summed E-state index contributed by atoms with van der Waals surface area (Å²) in [6, 6.07) is 20.8. The molecular weight excluding hydrogens is 421 g/mol. The summed E-state index contributed by atoms with van der Waals surface area (Å²) >= 11 is 0. The van der Waals surface area contributed by atoms with Gasteiger partial charge in [0, 0.05) is 37.7 Å². The first-order chi connectivity index (χ1) is 16.1. The summed E-state index contributed by atoms with van der Waals surface area (Å²) in [5.74, 6) is -0.757. The normalized spacial score (nSPS) is 15.0. The van der Waals surface area contributed by atoms with Gasteiger partial charge in [0.2, 0.25) is 5.91 Å². The largest absolute Gasteiger partial charge is 0.472 e. The molecule has 4 rings (SSSR count). The second kappa shape index (κ2) is 10.7. The fourth-order valence-electron chi connectivity index (χ4n) is 3.91. The third-order valence-electron chi connectivity index (χ3n) is 5.72. The Morgan fingerprint density at radius 1 is 1.00 bits per heavy atom. The third-order valence-corrected chi connectivity index (χ3v) is 5.72. The molecular formula is C26H26FN3O3. The van der Waals surface area contributed by atoms with Crippen molar-refractivity contribution in [2.24, 2.45) is 0 Å². The van der Waals surface area contributed by atoms with E-state index in [0.29, 0.717) is 31.5 Å². The first-order valence-corrected chi connectivity index (χ1v) is 11.1. The number of hydrogen-bond acceptors (Lipinski definition) is 4. The van der Waals surface area contributed by atoms with E-state index >= 15 is 0 Å². The Kier molecular flexibility index (Phi) is 7.29. The van der Waals surface area contributed by atoms with Crippen molar-refractivity contribution in [1.82, 2.24) is 15.2 Å². The number of aromatic nitrogens is 1. The van der Waals surface area contributed by atoms with Gasteiger partial charge in [0.05, 0.1) is 12.5 Å². The SMILES string of the molecule is O=C(N[C@H](CC(=O)N1CCC(Oc2ncccc2F)CC1)c1ccccc1)c1ccccc1. The summed E-state index contributed by atoms with van der Waals surface area (Å²) in [6.07, 6.45) is 2.64. The Hall–Kier alpha value is -3.74. The van der Waals surface area contributed by atoms with Crippen LogP contribution in [-0.2, 0) is 4.79 Å². The quantitative estimate of drug-likeness (QED) is 0.591. The molecule has 6 nitrogen and oxygen atoms in total. The molecule has 0 saturated carbocycles. The van der Waals surface area contributed by atoms with Crippen LogP contribution in [0.25, 0.3) is 0 Å². The van der Waals surface area contributed by atoms with Gasteiger partial charge in [0.15, 0.2) is 5.82 Å². The fourth-order valence-corrected chi connectivity index (χ4v) is 3.91. The molecule has 1 atom stereocenters. The van der Waals surface area contributed by atoms with Gasteiger partial charge in [0.25, 0.3) is 11.8 Å². The van der Waals surface area contributed by atoms with E-state index in [1.54, 1.807) is 29.2 Å². The lowest BCUT2D eigenvalue weighted by molar-refractivity contribution is -0.133. The Labute approximate surface area is 192 Å². The number of rotatable bonds is 7. The highest BCUT2D eigenvalue weighted by molar-refractivity contribution is 5.94. The molecule has 0 aliphatic carbocycles. The van der Waals surface area contributed by atoms with Crippen LogP contribution in [0.2, 0.25) is 0 Å². The van der Waals surface area contributed by atoms with Gasteiger partial charge in [-0.2, -0.15) is 0 Å². The number of carbonyl (C=O) groups is 2. The lowest BCUT2D eigenvalue weighted by atomic mass is 10.0. The first kappa shape index (κ1) is 22.5. The van der Waals surface area contributed by atoms with Crippen LogP contribution in [0.3, 0.4) is 0 Å². The van der Waals surface area contributed by atoms with E-state index in [-0.39, 0.29) is 30.2 Å². The lowest BCUT2D eigenvalue weighted by Gasteiger charge is -2.33. The van der Waals surface area contributed by atoms with E-state index in [4.69, 9.17) is 4.74 Å². The maximum absolute atomic E-state index is 13.8. The van der Waals surface area contributed by atoms with Crippen LogP contribution in [0.5, 0.6) is 5.88 Å². The molecule has 1 aromatic heterocycles. The monoisotopic (exact) mass is 447 g/mol. The van der Waals surface area contributed by atoms with Crippen LogP contribution in [0.1, 0.15) is 41.2 Å². The van der Waals surface area contributed by atoms with E-state index < -0.39 is 11.9 Å². The predicted molar refractivity (Wildman–Crippen MR) is 122 cm³/mol. The predicted octanol–water partition coefficient (Wildman–Crippen LogP) is 4.15. The molecule has 0 spiro atoms. The van der Waals surface area contributed by atoms with Crippen molar-refractivity contribution >= 4 is 11.8 Å². The molecule has 1 aliphatic heterocycles. The summed E-state index contributed by atoms with van der Waals surface area (Å²) in [5, 5.41) is 3.01. The number of nitrogens with zero attached hydrogens (tertiary/aromatic N) is 2. The minimum Gasteiger partial charge on any atom is -0.472 e. The van der Waals surface area contributed by atoms with E-state index in [0.717, 1.165) is 5.56 Å². The number of hydrogen-bond donors (Lipinski definition) is 1. The average molecular weight is 448 g/mol. The van der Waals surface area contributed by atoms with Gasteiger partial charge >= 0.3 is 0 Å². The molecule has 1 aliphatic rings. The average Bonchev–Trinajstić information content (AvgIpc) is 2.86. The van der Waals surface area contributed by atoms with Crippen molar-refractivity contribution < 1.29 is 18.7 Å². The second-order valence-corrected chi connectivity index (χ2v) is 8.00. The number of pyridine rings is 1. The minimum atomic E-state index is -0.490. The standard InChI is InChI=1S/C26H26FN3O3/c27-22-12-7-15-28-26(22)33-21-13-16-30(17-14-21)24(31)18-23(19-8-3-1-4-9-19)29-25(32)20-10-5-2-6-11-20/h1-12,15,21,23H,13-14,16-18H2,(H,29,32)/t23-/m1/s1. The van der Waals surface area contributed by atoms with Crippen LogP contribution in [0.4, 0.5) is 4.39 Å². The van der Waals surface area contributed by atoms with Crippen molar-refractivity contribution in [2.75, 3.05) is 13.1 Å². The maximum atomic E-state index is 13.8. The van der Waals surface area contributed by atoms with Gasteiger partial charge in [-0.05, 0) is 29.8 Å². The molecule has 2 amide bonds. The van der Waals surface area contributed by atoms with Crippen LogP contribution in [0.15, 0.2) is 79.0 Å². The number of nitrogens with one attached hydrogen (secondary N) is 1. The van der Waals surface area contributed by atoms with Crippen LogP contribution >= 0.6 is 0 Å². The van der Waals surface area contributed by atoms with Gasteiger partial charge < -0.3 is 15.0 Å². The Morgan fingerprint density at radius 2 is 1.67 bits per heavy atom. The minimum absolute atomic E-state index is 0.00459. The highest BCUT2D eigenvalue weighted by Gasteiger charge is 2.27. The Balaban J connectivity index is 1.37. The van der Waals surface area contributed by atoms with E-state index in [2.05, 4.69) is 10.3 Å². The summed E-state index contributed by atoms with van der Waals surface area (Å²) in [4.78, 5) is 31.5. The topological polar surface area (TPSA) is 71.5 Å². The van der Waals surface area contributed by atoms with Crippen molar-refractivity contribution in [1.29, 1.82) is 0 Å². The zero-order valence-corrected chi connectivity index (χ0v) is 18.2. The Bertz CT molecular complexity index is 1070. The number of benzene rings is 2. The van der Waals surface area contributed by atoms with Crippen LogP contribution < -0.4 is 10.1 Å². The van der Waals surface area contributed by atoms with E-state index in [9.17, 15) is 14.0 Å². The smallest absolute Gasteiger partial charge is 0.251 e. The number of ether oxygens (including phenoxy) is 1. The van der Waals surface area contributed by atoms with Gasteiger partial charge in [-0.3, -0.25) is 9.59 Å². The number of likely N-dealkylation sites (tertiary alicyclic amines) is 1. The molecule has 3 aromatic rings. The van der Waals surface area contributed by atoms with Crippen molar-refractivity contribution in [3.8, 4) is 5.88 Å². The molecule has 7 heteroatoms. The zero-order chi connectivity index (χ0) is 23.0. The van der Waals surface area contributed by atoms with Gasteiger partial charge in [-0.25, -0.2) is 9.37 Å². The first-order valence-electron chi connectivity index (χ1n) is 11.1. The van der Waals surface area contributed by atoms with Gasteiger partial charge in [-0.15, -0.1) is 0 Å². The molecule has 1 N–H and O–H groups in total. The lowest BCUT2D eigenvalue weighted by Crippen LogP contribution is -2.43.